The fraction of sp³-hybridized carbons (Fsp3) is 0.387. The molecule has 198 valence electrons. The number of anilines is 2. The molecule has 0 saturated heterocycles. The van der Waals surface area contributed by atoms with Gasteiger partial charge in [0.15, 0.2) is 8.32 Å². The normalized spacial score (nSPS) is 11.9. The van der Waals surface area contributed by atoms with E-state index in [0.29, 0.717) is 24.8 Å². The Morgan fingerprint density at radius 2 is 1.49 bits per heavy atom. The molecule has 3 aromatic rings. The number of carbonyl (C=O) groups is 1. The Morgan fingerprint density at radius 1 is 0.865 bits per heavy atom. The topological polar surface area (TPSA) is 48.0 Å². The summed E-state index contributed by atoms with van der Waals surface area (Å²) in [5.41, 5.74) is 3.32. The van der Waals surface area contributed by atoms with Gasteiger partial charge in [-0.2, -0.15) is 0 Å². The molecule has 0 aliphatic carbocycles. The van der Waals surface area contributed by atoms with Gasteiger partial charge in [0.25, 0.3) is 0 Å². The number of rotatable bonds is 10. The Hall–Kier alpha value is -3.09. The largest absolute Gasteiger partial charge is 0.493 e. The highest BCUT2D eigenvalue weighted by molar-refractivity contribution is 6.74. The van der Waals surface area contributed by atoms with Gasteiger partial charge in [0.2, 0.25) is 0 Å². The lowest BCUT2D eigenvalue weighted by Crippen LogP contribution is -2.40. The molecule has 0 aliphatic rings. The summed E-state index contributed by atoms with van der Waals surface area (Å²) in [6, 6.07) is 25.1. The summed E-state index contributed by atoms with van der Waals surface area (Å²) in [7, 11) is -1.99. The number of para-hydroxylation sites is 1. The molecule has 1 amide bonds. The first kappa shape index (κ1) is 28.5. The van der Waals surface area contributed by atoms with Crippen LogP contribution in [0.15, 0.2) is 78.9 Å². The summed E-state index contributed by atoms with van der Waals surface area (Å²) in [6.07, 6.45) is -0.445. The van der Waals surface area contributed by atoms with E-state index in [1.165, 1.54) is 0 Å². The van der Waals surface area contributed by atoms with E-state index in [4.69, 9.17) is 13.9 Å². The van der Waals surface area contributed by atoms with Crippen LogP contribution in [0.5, 0.6) is 5.75 Å². The SMILES string of the molecule is CC(C)COc1ccc(N(C(=O)OCc2ccccc2)c2ccccc2CO[Si](C)(C)C(C)(C)C)cc1. The third kappa shape index (κ3) is 7.94. The first-order valence-corrected chi connectivity index (χ1v) is 15.8. The van der Waals surface area contributed by atoms with Crippen molar-refractivity contribution in [3.8, 4) is 5.75 Å². The molecule has 5 nitrogen and oxygen atoms in total. The number of benzene rings is 3. The molecule has 0 N–H and O–H groups in total. The van der Waals surface area contributed by atoms with Gasteiger partial charge in [-0.3, -0.25) is 0 Å². The monoisotopic (exact) mass is 519 g/mol. The van der Waals surface area contributed by atoms with Crippen LogP contribution >= 0.6 is 0 Å². The van der Waals surface area contributed by atoms with Gasteiger partial charge in [-0.25, -0.2) is 9.69 Å². The third-order valence-corrected chi connectivity index (χ3v) is 11.2. The summed E-state index contributed by atoms with van der Waals surface area (Å²) in [5.74, 6) is 1.20. The lowest BCUT2D eigenvalue weighted by Gasteiger charge is -2.36. The lowest BCUT2D eigenvalue weighted by molar-refractivity contribution is 0.150. The van der Waals surface area contributed by atoms with Crippen LogP contribution in [0.2, 0.25) is 18.1 Å². The highest BCUT2D eigenvalue weighted by atomic mass is 28.4. The maximum atomic E-state index is 13.6. The average Bonchev–Trinajstić information content (AvgIpc) is 2.86. The maximum Gasteiger partial charge on any atom is 0.419 e. The zero-order valence-corrected chi connectivity index (χ0v) is 24.3. The van der Waals surface area contributed by atoms with Crippen molar-refractivity contribution in [1.82, 2.24) is 0 Å². The molecule has 0 atom stereocenters. The van der Waals surface area contributed by atoms with Gasteiger partial charge in [-0.15, -0.1) is 0 Å². The Morgan fingerprint density at radius 3 is 2.11 bits per heavy atom. The van der Waals surface area contributed by atoms with E-state index in [2.05, 4.69) is 47.7 Å². The quantitative estimate of drug-likeness (QED) is 0.251. The molecular weight excluding hydrogens is 478 g/mol. The molecule has 3 rings (SSSR count). The van der Waals surface area contributed by atoms with Crippen LogP contribution in [0.25, 0.3) is 0 Å². The predicted molar refractivity (Wildman–Crippen MR) is 154 cm³/mol. The van der Waals surface area contributed by atoms with Crippen molar-refractivity contribution in [3.05, 3.63) is 90.0 Å². The smallest absolute Gasteiger partial charge is 0.419 e. The number of amides is 1. The minimum absolute atomic E-state index is 0.0854. The number of nitrogens with zero attached hydrogens (tertiary/aromatic N) is 1. The second kappa shape index (κ2) is 12.4. The minimum atomic E-state index is -1.99. The van der Waals surface area contributed by atoms with E-state index in [1.54, 1.807) is 4.90 Å². The van der Waals surface area contributed by atoms with Crippen LogP contribution in [0.1, 0.15) is 45.7 Å². The second-order valence-corrected chi connectivity index (χ2v) is 16.1. The van der Waals surface area contributed by atoms with E-state index in [0.717, 1.165) is 22.6 Å². The molecule has 0 spiro atoms. The van der Waals surface area contributed by atoms with Gasteiger partial charge >= 0.3 is 6.09 Å². The van der Waals surface area contributed by atoms with Crippen LogP contribution in [-0.2, 0) is 22.4 Å². The third-order valence-electron chi connectivity index (χ3n) is 6.69. The highest BCUT2D eigenvalue weighted by Gasteiger charge is 2.37. The predicted octanol–water partition coefficient (Wildman–Crippen LogP) is 8.72. The number of carbonyl (C=O) groups excluding carboxylic acids is 1. The Bertz CT molecular complexity index is 1140. The zero-order chi connectivity index (χ0) is 27.1. The minimum Gasteiger partial charge on any atom is -0.493 e. The van der Waals surface area contributed by atoms with Crippen LogP contribution in [0.3, 0.4) is 0 Å². The van der Waals surface area contributed by atoms with E-state index >= 15 is 0 Å². The van der Waals surface area contributed by atoms with Crippen molar-refractivity contribution in [2.24, 2.45) is 5.92 Å². The van der Waals surface area contributed by atoms with Gasteiger partial charge in [0, 0.05) is 5.56 Å². The van der Waals surface area contributed by atoms with Gasteiger partial charge in [0.05, 0.1) is 24.6 Å². The van der Waals surface area contributed by atoms with Crippen molar-refractivity contribution in [3.63, 3.8) is 0 Å². The molecule has 0 bridgehead atoms. The van der Waals surface area contributed by atoms with Crippen molar-refractivity contribution in [2.75, 3.05) is 11.5 Å². The number of ether oxygens (including phenoxy) is 2. The summed E-state index contributed by atoms with van der Waals surface area (Å²) in [4.78, 5) is 15.2. The first-order valence-electron chi connectivity index (χ1n) is 12.9. The molecule has 6 heteroatoms. The molecule has 37 heavy (non-hydrogen) atoms. The van der Waals surface area contributed by atoms with E-state index < -0.39 is 14.4 Å². The molecule has 0 fully saturated rings. The number of hydrogen-bond donors (Lipinski definition) is 0. The van der Waals surface area contributed by atoms with Crippen LogP contribution in [-0.4, -0.2) is 21.0 Å². The molecule has 0 heterocycles. The fourth-order valence-electron chi connectivity index (χ4n) is 3.41. The number of hydrogen-bond acceptors (Lipinski definition) is 4. The lowest BCUT2D eigenvalue weighted by atomic mass is 10.1. The van der Waals surface area contributed by atoms with Gasteiger partial charge in [0.1, 0.15) is 12.4 Å². The summed E-state index contributed by atoms with van der Waals surface area (Å²) >= 11 is 0. The molecule has 0 aromatic heterocycles. The average molecular weight is 520 g/mol. The highest BCUT2D eigenvalue weighted by Crippen LogP contribution is 2.38. The summed E-state index contributed by atoms with van der Waals surface area (Å²) in [6.45, 7) is 16.6. The van der Waals surface area contributed by atoms with Gasteiger partial charge in [-0.1, -0.05) is 83.1 Å². The molecule has 3 aromatic carbocycles. The molecule has 0 aliphatic heterocycles. The van der Waals surface area contributed by atoms with Gasteiger partial charge < -0.3 is 13.9 Å². The maximum absolute atomic E-state index is 13.6. The molecule has 0 unspecified atom stereocenters. The second-order valence-electron chi connectivity index (χ2n) is 11.3. The standard InChI is InChI=1S/C31H41NO4Si/c1-24(2)21-34-28-19-17-27(18-20-28)32(30(33)35-22-25-13-9-8-10-14-25)29-16-12-11-15-26(29)23-36-37(6,7)31(3,4)5/h8-20,24H,21-23H2,1-7H3. The van der Waals surface area contributed by atoms with Crippen LogP contribution in [0.4, 0.5) is 16.2 Å². The van der Waals surface area contributed by atoms with Crippen molar-refractivity contribution in [1.29, 1.82) is 0 Å². The zero-order valence-electron chi connectivity index (χ0n) is 23.3. The van der Waals surface area contributed by atoms with Crippen LogP contribution < -0.4 is 9.64 Å². The van der Waals surface area contributed by atoms with Gasteiger partial charge in [-0.05, 0) is 59.9 Å². The summed E-state index contributed by atoms with van der Waals surface area (Å²) < 4.78 is 18.2. The van der Waals surface area contributed by atoms with Crippen molar-refractivity contribution >= 4 is 25.8 Å². The molecule has 0 radical (unpaired) electrons. The van der Waals surface area contributed by atoms with E-state index in [9.17, 15) is 4.79 Å². The van der Waals surface area contributed by atoms with E-state index in [1.807, 2.05) is 78.9 Å². The van der Waals surface area contributed by atoms with E-state index in [-0.39, 0.29) is 11.6 Å². The fourth-order valence-corrected chi connectivity index (χ4v) is 4.36. The van der Waals surface area contributed by atoms with Crippen molar-refractivity contribution in [2.45, 2.75) is 66.0 Å². The first-order chi connectivity index (χ1) is 17.5. The molecule has 0 saturated carbocycles. The Labute approximate surface area is 223 Å². The summed E-state index contributed by atoms with van der Waals surface area (Å²) in [5, 5.41) is 0.0854. The molecular formula is C31H41NO4Si. The van der Waals surface area contributed by atoms with Crippen LogP contribution in [0, 0.1) is 5.92 Å². The Kier molecular flexibility index (Phi) is 9.57. The Balaban J connectivity index is 1.92. The van der Waals surface area contributed by atoms with Crippen molar-refractivity contribution < 1.29 is 18.7 Å².